The van der Waals surface area contributed by atoms with Gasteiger partial charge in [-0.15, -0.1) is 0 Å². The van der Waals surface area contributed by atoms with Crippen molar-refractivity contribution in [3.63, 3.8) is 0 Å². The summed E-state index contributed by atoms with van der Waals surface area (Å²) in [7, 11) is 4.93. The Morgan fingerprint density at radius 1 is 1.02 bits per heavy atom. The molecule has 2 N–H and O–H groups in total. The van der Waals surface area contributed by atoms with E-state index in [4.69, 9.17) is 20.2 Å². The van der Waals surface area contributed by atoms with Gasteiger partial charge in [-0.2, -0.15) is 0 Å². The zero-order chi connectivity index (χ0) is 29.6. The van der Waals surface area contributed by atoms with Crippen LogP contribution in [0.15, 0.2) is 72.8 Å². The second-order valence-electron chi connectivity index (χ2n) is 10.7. The molecule has 1 aromatic heterocycles. The number of unbranched alkanes of at least 4 members (excludes halogenated alkanes) is 1. The number of esters is 1. The predicted molar refractivity (Wildman–Crippen MR) is 158 cm³/mol. The third-order valence-corrected chi connectivity index (χ3v) is 7.35. The van der Waals surface area contributed by atoms with Gasteiger partial charge in [0.05, 0.1) is 26.8 Å². The highest BCUT2D eigenvalue weighted by molar-refractivity contribution is 5.95. The van der Waals surface area contributed by atoms with Crippen molar-refractivity contribution in [1.29, 1.82) is 0 Å². The number of benzene rings is 3. The Kier molecular flexibility index (Phi) is 9.35. The standard InChI is InChI=1S/C33H36FN3O4/c1-5-6-15-25-19-23-14-10-11-16-26(23)32(36-25)41-18-17-37(2,3)30(33(39)40-4)29-27(22-12-8-7-9-13-22)20-24(31(35)38)21-28(29)34/h7-14,16,19-21,30H,5-6,15,17-18H2,1-4H3,(H-,35,38)/p+1/t30-/m1/s1. The first kappa shape index (κ1) is 29.7. The topological polar surface area (TPSA) is 91.5 Å². The van der Waals surface area contributed by atoms with Crippen LogP contribution in [0.1, 0.15) is 47.4 Å². The average Bonchev–Trinajstić information content (AvgIpc) is 2.96. The number of carbonyl (C=O) groups excluding carboxylic acids is 2. The molecular weight excluding hydrogens is 521 g/mol. The van der Waals surface area contributed by atoms with Crippen molar-refractivity contribution < 1.29 is 27.9 Å². The van der Waals surface area contributed by atoms with E-state index in [1.807, 2.05) is 44.4 Å². The molecule has 214 valence electrons. The molecule has 0 aliphatic heterocycles. The van der Waals surface area contributed by atoms with Crippen LogP contribution in [0.5, 0.6) is 5.88 Å². The number of amides is 1. The maximum atomic E-state index is 15.9. The van der Waals surface area contributed by atoms with E-state index in [9.17, 15) is 9.59 Å². The number of fused-ring (bicyclic) bond motifs is 1. The Morgan fingerprint density at radius 3 is 2.41 bits per heavy atom. The van der Waals surface area contributed by atoms with Crippen LogP contribution in [0.4, 0.5) is 4.39 Å². The summed E-state index contributed by atoms with van der Waals surface area (Å²) >= 11 is 0. The average molecular weight is 559 g/mol. The lowest BCUT2D eigenvalue weighted by Crippen LogP contribution is -2.50. The minimum atomic E-state index is -1.05. The SMILES string of the molecule is CCCCc1cc2ccccc2c(OCC[N+](C)(C)[C@@H](C(=O)OC)c2c(F)cc(C(N)=O)cc2-c2ccccc2)n1. The van der Waals surface area contributed by atoms with Gasteiger partial charge in [-0.3, -0.25) is 4.79 Å². The molecule has 7 nitrogen and oxygen atoms in total. The van der Waals surface area contributed by atoms with Crippen molar-refractivity contribution in [3.05, 3.63) is 95.4 Å². The number of carbonyl (C=O) groups is 2. The quantitative estimate of drug-likeness (QED) is 0.174. The second-order valence-corrected chi connectivity index (χ2v) is 10.7. The fourth-order valence-electron chi connectivity index (χ4n) is 5.08. The summed E-state index contributed by atoms with van der Waals surface area (Å²) in [6.07, 6.45) is 2.94. The molecule has 1 amide bonds. The summed E-state index contributed by atoms with van der Waals surface area (Å²) in [5.74, 6) is -1.54. The smallest absolute Gasteiger partial charge is 0.369 e. The number of hydrogen-bond acceptors (Lipinski definition) is 5. The van der Waals surface area contributed by atoms with Crippen LogP contribution in [-0.2, 0) is 16.0 Å². The van der Waals surface area contributed by atoms with Crippen LogP contribution in [-0.4, -0.2) is 55.7 Å². The van der Waals surface area contributed by atoms with Crippen LogP contribution in [0, 0.1) is 5.82 Å². The lowest BCUT2D eigenvalue weighted by Gasteiger charge is -2.37. The molecule has 0 spiro atoms. The van der Waals surface area contributed by atoms with Gasteiger partial charge in [0.2, 0.25) is 17.8 Å². The molecule has 1 heterocycles. The second kappa shape index (κ2) is 12.9. The van der Waals surface area contributed by atoms with E-state index in [0.29, 0.717) is 23.6 Å². The van der Waals surface area contributed by atoms with Crippen molar-refractivity contribution in [2.75, 3.05) is 34.4 Å². The fraction of sp³-hybridized carbons (Fsp3) is 0.303. The molecule has 8 heteroatoms. The van der Waals surface area contributed by atoms with E-state index in [-0.39, 0.29) is 22.2 Å². The number of rotatable bonds is 12. The van der Waals surface area contributed by atoms with Crippen molar-refractivity contribution in [2.24, 2.45) is 5.73 Å². The number of hydrogen-bond donors (Lipinski definition) is 1. The van der Waals surface area contributed by atoms with Crippen LogP contribution in [0.25, 0.3) is 21.9 Å². The molecule has 1 atom stereocenters. The summed E-state index contributed by atoms with van der Waals surface area (Å²) in [6, 6.07) is 20.6. The Bertz CT molecular complexity index is 1540. The number of ether oxygens (including phenoxy) is 2. The molecule has 3 aromatic carbocycles. The number of nitrogens with two attached hydrogens (primary N) is 1. The third-order valence-electron chi connectivity index (χ3n) is 7.35. The summed E-state index contributed by atoms with van der Waals surface area (Å²) in [4.78, 5) is 30.1. The molecule has 0 bridgehead atoms. The zero-order valence-corrected chi connectivity index (χ0v) is 24.0. The van der Waals surface area contributed by atoms with Crippen LogP contribution in [0.3, 0.4) is 0 Å². The molecule has 0 unspecified atom stereocenters. The number of quaternary nitrogens is 1. The van der Waals surface area contributed by atoms with Crippen molar-refractivity contribution in [3.8, 4) is 17.0 Å². The van der Waals surface area contributed by atoms with Gasteiger partial charge >= 0.3 is 5.97 Å². The van der Waals surface area contributed by atoms with E-state index in [2.05, 4.69) is 13.0 Å². The fourth-order valence-corrected chi connectivity index (χ4v) is 5.08. The van der Waals surface area contributed by atoms with Crippen LogP contribution < -0.4 is 10.5 Å². The van der Waals surface area contributed by atoms with Gasteiger partial charge in [0.15, 0.2) is 0 Å². The number of primary amides is 1. The molecule has 0 saturated carbocycles. The number of pyridine rings is 1. The maximum Gasteiger partial charge on any atom is 0.369 e. The monoisotopic (exact) mass is 558 g/mol. The van der Waals surface area contributed by atoms with Crippen molar-refractivity contribution in [1.82, 2.24) is 4.98 Å². The van der Waals surface area contributed by atoms with Crippen molar-refractivity contribution >= 4 is 22.6 Å². The highest BCUT2D eigenvalue weighted by Gasteiger charge is 2.41. The number of aryl methyl sites for hydroxylation is 1. The molecule has 41 heavy (non-hydrogen) atoms. The number of halogens is 1. The van der Waals surface area contributed by atoms with E-state index in [1.165, 1.54) is 13.2 Å². The zero-order valence-electron chi connectivity index (χ0n) is 24.0. The normalized spacial score (nSPS) is 12.2. The Morgan fingerprint density at radius 2 is 1.73 bits per heavy atom. The first-order valence-corrected chi connectivity index (χ1v) is 13.8. The highest BCUT2D eigenvalue weighted by Crippen LogP contribution is 2.37. The summed E-state index contributed by atoms with van der Waals surface area (Å²) in [6.45, 7) is 2.69. The van der Waals surface area contributed by atoms with Gasteiger partial charge in [0.25, 0.3) is 0 Å². The lowest BCUT2D eigenvalue weighted by molar-refractivity contribution is -0.912. The number of methoxy groups -OCH3 is 1. The summed E-state index contributed by atoms with van der Waals surface area (Å²) < 4.78 is 27.3. The molecule has 0 saturated heterocycles. The Hall–Kier alpha value is -4.30. The van der Waals surface area contributed by atoms with Gasteiger partial charge in [0, 0.05) is 16.6 Å². The largest absolute Gasteiger partial charge is 0.471 e. The molecule has 0 aliphatic rings. The lowest BCUT2D eigenvalue weighted by atomic mass is 9.90. The van der Waals surface area contributed by atoms with Gasteiger partial charge in [-0.25, -0.2) is 14.2 Å². The van der Waals surface area contributed by atoms with Gasteiger partial charge in [-0.05, 0) is 53.6 Å². The van der Waals surface area contributed by atoms with E-state index in [1.54, 1.807) is 24.3 Å². The predicted octanol–water partition coefficient (Wildman–Crippen LogP) is 5.85. The maximum absolute atomic E-state index is 15.9. The van der Waals surface area contributed by atoms with Gasteiger partial charge < -0.3 is 19.7 Å². The van der Waals surface area contributed by atoms with E-state index in [0.717, 1.165) is 41.8 Å². The number of aromatic nitrogens is 1. The van der Waals surface area contributed by atoms with Crippen LogP contribution in [0.2, 0.25) is 0 Å². The number of nitrogens with zero attached hydrogens (tertiary/aromatic N) is 2. The molecule has 4 rings (SSSR count). The molecule has 4 aromatic rings. The summed E-state index contributed by atoms with van der Waals surface area (Å²) in [5.41, 5.74) is 7.66. The summed E-state index contributed by atoms with van der Waals surface area (Å²) in [5, 5.41) is 1.95. The Balaban J connectivity index is 1.70. The van der Waals surface area contributed by atoms with E-state index < -0.39 is 23.7 Å². The number of likely N-dealkylation sites (N-methyl/N-ethyl adjacent to an activating group) is 1. The first-order chi connectivity index (χ1) is 19.7. The van der Waals surface area contributed by atoms with Crippen molar-refractivity contribution in [2.45, 2.75) is 32.2 Å². The Labute approximate surface area is 240 Å². The van der Waals surface area contributed by atoms with Crippen LogP contribution >= 0.6 is 0 Å². The molecule has 0 radical (unpaired) electrons. The van der Waals surface area contributed by atoms with E-state index >= 15 is 4.39 Å². The first-order valence-electron chi connectivity index (χ1n) is 13.8. The van der Waals surface area contributed by atoms with Gasteiger partial charge in [0.1, 0.15) is 19.0 Å². The molecular formula is C33H37FN3O4+. The van der Waals surface area contributed by atoms with Gasteiger partial charge in [-0.1, -0.05) is 61.9 Å². The minimum Gasteiger partial charge on any atom is -0.471 e. The highest BCUT2D eigenvalue weighted by atomic mass is 19.1. The molecule has 0 aliphatic carbocycles. The molecule has 0 fully saturated rings. The third kappa shape index (κ3) is 6.72. The minimum absolute atomic E-state index is 0.0169.